The van der Waals surface area contributed by atoms with E-state index in [1.165, 1.54) is 0 Å². The molecule has 6 nitrogen and oxygen atoms in total. The third-order valence-corrected chi connectivity index (χ3v) is 4.28. The van der Waals surface area contributed by atoms with E-state index in [1.54, 1.807) is 0 Å². The number of carbonyl (C=O) groups excluding carboxylic acids is 2. The molecule has 1 rings (SSSR count). The fourth-order valence-electron chi connectivity index (χ4n) is 2.47. The van der Waals surface area contributed by atoms with Gasteiger partial charge in [-0.05, 0) is 31.4 Å². The van der Waals surface area contributed by atoms with Crippen LogP contribution < -0.4 is 5.32 Å². The van der Waals surface area contributed by atoms with E-state index >= 15 is 0 Å². The number of nitrogens with one attached hydrogen (secondary N) is 1. The lowest BCUT2D eigenvalue weighted by molar-refractivity contribution is -0.837. The molecule has 1 unspecified atom stereocenters. The molecule has 0 fully saturated rings. The van der Waals surface area contributed by atoms with Crippen LogP contribution in [0, 0.1) is 0 Å². The molecule has 1 atom stereocenters. The highest BCUT2D eigenvalue weighted by molar-refractivity contribution is 5.76. The zero-order chi connectivity index (χ0) is 20.3. The fraction of sp³-hybridized carbons (Fsp3) is 0.619. The summed E-state index contributed by atoms with van der Waals surface area (Å²) < 4.78 is 11.3. The molecule has 0 spiro atoms. The molecular weight excluding hydrogens is 344 g/mol. The van der Waals surface area contributed by atoms with Crippen LogP contribution in [-0.2, 0) is 32.2 Å². The highest BCUT2D eigenvalue weighted by atomic mass is 16.5. The van der Waals surface area contributed by atoms with Crippen LogP contribution in [0.1, 0.15) is 51.2 Å². The van der Waals surface area contributed by atoms with Gasteiger partial charge < -0.3 is 14.8 Å². The van der Waals surface area contributed by atoms with Crippen LogP contribution in [0.2, 0.25) is 0 Å². The standard InChI is InChI=1S/C21H34N2O4/c1-6-8-21(25)23(4,5)16-27-17(3)13-20(24)22-14-18-9-11-19(12-10-18)15-26-7-2/h9-12,17H,6-8,13-16H2,1-5H3/p+1. The second-order valence-electron chi connectivity index (χ2n) is 7.37. The third-order valence-electron chi connectivity index (χ3n) is 4.28. The molecule has 0 aliphatic carbocycles. The van der Waals surface area contributed by atoms with Crippen molar-refractivity contribution in [2.24, 2.45) is 0 Å². The molecule has 27 heavy (non-hydrogen) atoms. The summed E-state index contributed by atoms with van der Waals surface area (Å²) in [5.41, 5.74) is 2.16. The van der Waals surface area contributed by atoms with Gasteiger partial charge in [0.25, 0.3) is 0 Å². The second kappa shape index (κ2) is 11.8. The largest absolute Gasteiger partial charge is 0.377 e. The van der Waals surface area contributed by atoms with Gasteiger partial charge in [-0.15, -0.1) is 0 Å². The van der Waals surface area contributed by atoms with E-state index in [4.69, 9.17) is 9.47 Å². The Labute approximate surface area is 163 Å². The van der Waals surface area contributed by atoms with Gasteiger partial charge in [-0.3, -0.25) is 4.79 Å². The van der Waals surface area contributed by atoms with Crippen molar-refractivity contribution in [2.75, 3.05) is 27.4 Å². The summed E-state index contributed by atoms with van der Waals surface area (Å²) in [6.07, 6.45) is 1.38. The number of hydrogen-bond acceptors (Lipinski definition) is 4. The Hall–Kier alpha value is -1.76. The Kier molecular flexibility index (Phi) is 10.2. The van der Waals surface area contributed by atoms with Crippen molar-refractivity contribution in [3.8, 4) is 0 Å². The third kappa shape index (κ3) is 9.13. The molecule has 0 saturated carbocycles. The molecule has 2 amide bonds. The molecule has 0 aromatic heterocycles. The number of carbonyl (C=O) groups is 2. The maximum absolute atomic E-state index is 12.1. The molecule has 0 saturated heterocycles. The van der Waals surface area contributed by atoms with Gasteiger partial charge in [0.15, 0.2) is 6.73 Å². The normalized spacial score (nSPS) is 12.6. The predicted octanol–water partition coefficient (Wildman–Crippen LogP) is 3.00. The van der Waals surface area contributed by atoms with Crippen molar-refractivity contribution >= 4 is 11.8 Å². The van der Waals surface area contributed by atoms with Gasteiger partial charge in [-0.25, -0.2) is 9.28 Å². The first kappa shape index (κ1) is 23.3. The highest BCUT2D eigenvalue weighted by Crippen LogP contribution is 2.09. The van der Waals surface area contributed by atoms with Gasteiger partial charge in [-0.2, -0.15) is 0 Å². The Bertz CT molecular complexity index is 584. The molecule has 1 aromatic rings. The summed E-state index contributed by atoms with van der Waals surface area (Å²) in [5.74, 6) is 0.0769. The Morgan fingerprint density at radius 1 is 1.11 bits per heavy atom. The number of rotatable bonds is 12. The van der Waals surface area contributed by atoms with Crippen molar-refractivity contribution in [1.29, 1.82) is 0 Å². The van der Waals surface area contributed by atoms with Crippen LogP contribution >= 0.6 is 0 Å². The number of hydrogen-bond donors (Lipinski definition) is 1. The lowest BCUT2D eigenvalue weighted by Gasteiger charge is -2.27. The van der Waals surface area contributed by atoms with Gasteiger partial charge in [0, 0.05) is 13.2 Å². The Morgan fingerprint density at radius 3 is 2.33 bits per heavy atom. The van der Waals surface area contributed by atoms with Gasteiger partial charge in [0.05, 0.1) is 39.6 Å². The van der Waals surface area contributed by atoms with Crippen molar-refractivity contribution < 1.29 is 23.5 Å². The Morgan fingerprint density at radius 2 is 1.74 bits per heavy atom. The first-order valence-electron chi connectivity index (χ1n) is 9.68. The molecule has 152 valence electrons. The Balaban J connectivity index is 2.34. The molecule has 1 aromatic carbocycles. The molecule has 1 N–H and O–H groups in total. The van der Waals surface area contributed by atoms with Gasteiger partial charge in [0.2, 0.25) is 5.91 Å². The van der Waals surface area contributed by atoms with Crippen molar-refractivity contribution in [3.05, 3.63) is 35.4 Å². The van der Waals surface area contributed by atoms with E-state index in [-0.39, 0.29) is 35.6 Å². The number of benzene rings is 1. The van der Waals surface area contributed by atoms with E-state index in [0.29, 0.717) is 26.2 Å². The lowest BCUT2D eigenvalue weighted by atomic mass is 10.1. The van der Waals surface area contributed by atoms with Crippen molar-refractivity contribution in [3.63, 3.8) is 0 Å². The number of nitrogens with zero attached hydrogens (tertiary/aromatic N) is 1. The average molecular weight is 380 g/mol. The summed E-state index contributed by atoms with van der Waals surface area (Å²) in [7, 11) is 3.67. The van der Waals surface area contributed by atoms with Crippen LogP contribution in [0.3, 0.4) is 0 Å². The first-order valence-corrected chi connectivity index (χ1v) is 9.68. The minimum atomic E-state index is -0.245. The summed E-state index contributed by atoms with van der Waals surface area (Å²) in [4.78, 5) is 24.2. The molecular formula is C21H35N2O4+. The van der Waals surface area contributed by atoms with Gasteiger partial charge >= 0.3 is 5.91 Å². The predicted molar refractivity (Wildman–Crippen MR) is 106 cm³/mol. The van der Waals surface area contributed by atoms with E-state index in [9.17, 15) is 9.59 Å². The maximum Gasteiger partial charge on any atom is 0.315 e. The smallest absolute Gasteiger partial charge is 0.315 e. The second-order valence-corrected chi connectivity index (χ2v) is 7.37. The van der Waals surface area contributed by atoms with Crippen molar-refractivity contribution in [2.45, 2.75) is 59.3 Å². The fourth-order valence-corrected chi connectivity index (χ4v) is 2.47. The summed E-state index contributed by atoms with van der Waals surface area (Å²) in [5, 5.41) is 2.91. The highest BCUT2D eigenvalue weighted by Gasteiger charge is 2.26. The molecule has 0 bridgehead atoms. The van der Waals surface area contributed by atoms with Gasteiger partial charge in [-0.1, -0.05) is 31.2 Å². The average Bonchev–Trinajstić information content (AvgIpc) is 2.64. The summed E-state index contributed by atoms with van der Waals surface area (Å²) in [6.45, 7) is 7.86. The van der Waals surface area contributed by atoms with E-state index < -0.39 is 0 Å². The number of quaternary nitrogens is 1. The van der Waals surface area contributed by atoms with Crippen LogP contribution in [0.15, 0.2) is 24.3 Å². The topological polar surface area (TPSA) is 64.6 Å². The SMILES string of the molecule is CCCC(=O)[N+](C)(C)COC(C)CC(=O)NCc1ccc(COCC)cc1. The molecule has 0 aliphatic rings. The van der Waals surface area contributed by atoms with Crippen LogP contribution in [0.25, 0.3) is 0 Å². The number of amides is 2. The van der Waals surface area contributed by atoms with E-state index in [1.807, 2.05) is 59.1 Å². The zero-order valence-electron chi connectivity index (χ0n) is 17.4. The number of ether oxygens (including phenoxy) is 2. The molecule has 0 radical (unpaired) electrons. The molecule has 6 heteroatoms. The van der Waals surface area contributed by atoms with Gasteiger partial charge in [0.1, 0.15) is 0 Å². The lowest BCUT2D eigenvalue weighted by Crippen LogP contribution is -2.47. The minimum absolute atomic E-state index is 0.0638. The minimum Gasteiger partial charge on any atom is -0.377 e. The van der Waals surface area contributed by atoms with Crippen molar-refractivity contribution in [1.82, 2.24) is 5.32 Å². The quantitative estimate of drug-likeness (QED) is 0.448. The van der Waals surface area contributed by atoms with E-state index in [0.717, 1.165) is 17.5 Å². The van der Waals surface area contributed by atoms with E-state index in [2.05, 4.69) is 5.32 Å². The zero-order valence-corrected chi connectivity index (χ0v) is 17.4. The summed E-state index contributed by atoms with van der Waals surface area (Å²) in [6, 6.07) is 8.01. The summed E-state index contributed by atoms with van der Waals surface area (Å²) >= 11 is 0. The first-order chi connectivity index (χ1) is 12.8. The molecule has 0 heterocycles. The monoisotopic (exact) mass is 379 g/mol. The molecule has 0 aliphatic heterocycles. The van der Waals surface area contributed by atoms with Crippen LogP contribution in [0.4, 0.5) is 0 Å². The van der Waals surface area contributed by atoms with Crippen LogP contribution in [0.5, 0.6) is 0 Å². The maximum atomic E-state index is 12.1. The van der Waals surface area contributed by atoms with Crippen LogP contribution in [-0.4, -0.2) is 49.8 Å².